The average molecular weight is 252 g/mol. The van der Waals surface area contributed by atoms with E-state index in [1.807, 2.05) is 26.8 Å². The van der Waals surface area contributed by atoms with Crippen molar-refractivity contribution in [3.63, 3.8) is 0 Å². The van der Waals surface area contributed by atoms with Gasteiger partial charge in [0.05, 0.1) is 5.75 Å². The summed E-state index contributed by atoms with van der Waals surface area (Å²) in [4.78, 5) is 11.5. The molecule has 0 N–H and O–H groups in total. The molecule has 0 bridgehead atoms. The highest BCUT2D eigenvalue weighted by Crippen LogP contribution is 2.15. The van der Waals surface area contributed by atoms with Crippen LogP contribution >= 0.6 is 11.8 Å². The summed E-state index contributed by atoms with van der Waals surface area (Å²) in [7, 11) is 0. The summed E-state index contributed by atoms with van der Waals surface area (Å²) in [5.41, 5.74) is 2.11. The second-order valence-corrected chi connectivity index (χ2v) is 6.05. The number of hydrogen-bond acceptors (Lipinski definition) is 3. The van der Waals surface area contributed by atoms with E-state index in [9.17, 15) is 4.79 Å². The topological polar surface area (TPSA) is 26.3 Å². The first-order valence-corrected chi connectivity index (χ1v) is 6.87. The standard InChI is InChI=1S/C14H20O2S/c1-11-6-5-7-12(8-11)9-17-10-13(15)16-14(2,3)4/h5-8H,9-10H2,1-4H3. The molecule has 0 aliphatic heterocycles. The van der Waals surface area contributed by atoms with Gasteiger partial charge in [-0.2, -0.15) is 0 Å². The van der Waals surface area contributed by atoms with Gasteiger partial charge in [-0.15, -0.1) is 11.8 Å². The zero-order valence-corrected chi connectivity index (χ0v) is 11.8. The number of ether oxygens (including phenoxy) is 1. The number of carbonyl (C=O) groups excluding carboxylic acids is 1. The Balaban J connectivity index is 2.31. The van der Waals surface area contributed by atoms with Crippen LogP contribution in [0.3, 0.4) is 0 Å². The molecule has 0 aliphatic carbocycles. The molecule has 3 heteroatoms. The van der Waals surface area contributed by atoms with Crippen molar-refractivity contribution < 1.29 is 9.53 Å². The van der Waals surface area contributed by atoms with E-state index in [-0.39, 0.29) is 11.6 Å². The monoisotopic (exact) mass is 252 g/mol. The largest absolute Gasteiger partial charge is 0.459 e. The highest BCUT2D eigenvalue weighted by Gasteiger charge is 2.15. The lowest BCUT2D eigenvalue weighted by Gasteiger charge is -2.19. The minimum atomic E-state index is -0.388. The number of carbonyl (C=O) groups is 1. The van der Waals surface area contributed by atoms with Gasteiger partial charge in [-0.3, -0.25) is 4.79 Å². The van der Waals surface area contributed by atoms with Crippen molar-refractivity contribution in [1.29, 1.82) is 0 Å². The zero-order valence-electron chi connectivity index (χ0n) is 10.9. The first-order valence-electron chi connectivity index (χ1n) is 5.72. The van der Waals surface area contributed by atoms with Crippen LogP contribution in [0.4, 0.5) is 0 Å². The lowest BCUT2D eigenvalue weighted by molar-refractivity contribution is -0.151. The second kappa shape index (κ2) is 6.10. The van der Waals surface area contributed by atoms with Crippen LogP contribution in [0.15, 0.2) is 24.3 Å². The summed E-state index contributed by atoms with van der Waals surface area (Å²) >= 11 is 1.59. The highest BCUT2D eigenvalue weighted by molar-refractivity contribution is 7.99. The molecule has 0 saturated carbocycles. The fraction of sp³-hybridized carbons (Fsp3) is 0.500. The van der Waals surface area contributed by atoms with Crippen molar-refractivity contribution >= 4 is 17.7 Å². The van der Waals surface area contributed by atoms with E-state index >= 15 is 0 Å². The Labute approximate surface area is 108 Å². The number of benzene rings is 1. The van der Waals surface area contributed by atoms with Gasteiger partial charge in [-0.05, 0) is 33.3 Å². The van der Waals surface area contributed by atoms with Crippen molar-refractivity contribution in [2.45, 2.75) is 39.0 Å². The van der Waals surface area contributed by atoms with Crippen molar-refractivity contribution in [3.8, 4) is 0 Å². The maximum Gasteiger partial charge on any atom is 0.316 e. The van der Waals surface area contributed by atoms with E-state index in [1.165, 1.54) is 11.1 Å². The maximum atomic E-state index is 11.5. The van der Waals surface area contributed by atoms with Crippen LogP contribution in [0.25, 0.3) is 0 Å². The Morgan fingerprint density at radius 1 is 1.35 bits per heavy atom. The molecule has 0 aromatic heterocycles. The molecule has 17 heavy (non-hydrogen) atoms. The molecule has 0 atom stereocenters. The Hall–Kier alpha value is -0.960. The van der Waals surface area contributed by atoms with Gasteiger partial charge in [0.2, 0.25) is 0 Å². The van der Waals surface area contributed by atoms with Gasteiger partial charge in [0.15, 0.2) is 0 Å². The Bertz CT molecular complexity index is 380. The van der Waals surface area contributed by atoms with Gasteiger partial charge in [0.1, 0.15) is 5.60 Å². The van der Waals surface area contributed by atoms with Gasteiger partial charge in [0.25, 0.3) is 0 Å². The van der Waals surface area contributed by atoms with E-state index in [4.69, 9.17) is 4.74 Å². The number of thioether (sulfide) groups is 1. The molecule has 0 aliphatic rings. The average Bonchev–Trinajstić information content (AvgIpc) is 2.14. The molecule has 0 heterocycles. The van der Waals surface area contributed by atoms with Gasteiger partial charge in [-0.25, -0.2) is 0 Å². The van der Waals surface area contributed by atoms with Crippen LogP contribution < -0.4 is 0 Å². The van der Waals surface area contributed by atoms with Crippen molar-refractivity contribution in [3.05, 3.63) is 35.4 Å². The summed E-state index contributed by atoms with van der Waals surface area (Å²) in [5, 5.41) is 0. The van der Waals surface area contributed by atoms with Gasteiger partial charge < -0.3 is 4.74 Å². The highest BCUT2D eigenvalue weighted by atomic mass is 32.2. The molecule has 0 saturated heterocycles. The summed E-state index contributed by atoms with van der Waals surface area (Å²) < 4.78 is 5.24. The molecule has 1 rings (SSSR count). The third-order valence-electron chi connectivity index (χ3n) is 1.99. The Kier molecular flexibility index (Phi) is 5.06. The van der Waals surface area contributed by atoms with Gasteiger partial charge in [-0.1, -0.05) is 29.8 Å². The van der Waals surface area contributed by atoms with Gasteiger partial charge in [0, 0.05) is 5.75 Å². The third kappa shape index (κ3) is 6.37. The Morgan fingerprint density at radius 3 is 2.65 bits per heavy atom. The van der Waals surface area contributed by atoms with Crippen LogP contribution in [0.2, 0.25) is 0 Å². The van der Waals surface area contributed by atoms with E-state index in [0.29, 0.717) is 5.75 Å². The summed E-state index contributed by atoms with van der Waals surface area (Å²) in [6.45, 7) is 7.73. The summed E-state index contributed by atoms with van der Waals surface area (Å²) in [5.74, 6) is 1.11. The SMILES string of the molecule is Cc1cccc(CSCC(=O)OC(C)(C)C)c1. The predicted molar refractivity (Wildman–Crippen MR) is 73.2 cm³/mol. The summed E-state index contributed by atoms with van der Waals surface area (Å²) in [6.07, 6.45) is 0. The number of hydrogen-bond donors (Lipinski definition) is 0. The molecule has 0 fully saturated rings. The van der Waals surface area contributed by atoms with Gasteiger partial charge >= 0.3 is 5.97 Å². The molecule has 2 nitrogen and oxygen atoms in total. The van der Waals surface area contributed by atoms with Crippen molar-refractivity contribution in [2.75, 3.05) is 5.75 Å². The molecule has 0 radical (unpaired) electrons. The molecule has 94 valence electrons. The lowest BCUT2D eigenvalue weighted by Crippen LogP contribution is -2.24. The van der Waals surface area contributed by atoms with Crippen LogP contribution in [0, 0.1) is 6.92 Å². The molecule has 1 aromatic carbocycles. The first-order chi connectivity index (χ1) is 7.87. The molecule has 0 spiro atoms. The van der Waals surface area contributed by atoms with E-state index < -0.39 is 0 Å². The molecule has 1 aromatic rings. The van der Waals surface area contributed by atoms with Crippen LogP contribution in [-0.4, -0.2) is 17.3 Å². The smallest absolute Gasteiger partial charge is 0.316 e. The van der Waals surface area contributed by atoms with Crippen LogP contribution in [0.5, 0.6) is 0 Å². The van der Waals surface area contributed by atoms with E-state index in [2.05, 4.69) is 25.1 Å². The Morgan fingerprint density at radius 2 is 2.06 bits per heavy atom. The third-order valence-corrected chi connectivity index (χ3v) is 2.97. The first kappa shape index (κ1) is 14.1. The van der Waals surface area contributed by atoms with E-state index in [1.54, 1.807) is 11.8 Å². The number of esters is 1. The molecular formula is C14H20O2S. The molecule has 0 unspecified atom stereocenters. The predicted octanol–water partition coefficient (Wildman–Crippen LogP) is 3.57. The minimum Gasteiger partial charge on any atom is -0.459 e. The quantitative estimate of drug-likeness (QED) is 0.766. The van der Waals surface area contributed by atoms with Crippen LogP contribution in [0.1, 0.15) is 31.9 Å². The fourth-order valence-electron chi connectivity index (χ4n) is 1.43. The van der Waals surface area contributed by atoms with Crippen molar-refractivity contribution in [2.24, 2.45) is 0 Å². The zero-order chi connectivity index (χ0) is 12.9. The molecule has 0 amide bonds. The second-order valence-electron chi connectivity index (χ2n) is 5.07. The minimum absolute atomic E-state index is 0.143. The van der Waals surface area contributed by atoms with Crippen molar-refractivity contribution in [1.82, 2.24) is 0 Å². The maximum absolute atomic E-state index is 11.5. The fourth-order valence-corrected chi connectivity index (χ4v) is 2.17. The number of rotatable bonds is 4. The summed E-state index contributed by atoms with van der Waals surface area (Å²) in [6, 6.07) is 8.33. The lowest BCUT2D eigenvalue weighted by atomic mass is 10.2. The number of aryl methyl sites for hydroxylation is 1. The molecular weight excluding hydrogens is 232 g/mol. The van der Waals surface area contributed by atoms with Crippen LogP contribution in [-0.2, 0) is 15.3 Å². The van der Waals surface area contributed by atoms with E-state index in [0.717, 1.165) is 5.75 Å². The normalized spacial score (nSPS) is 11.3.